The summed E-state index contributed by atoms with van der Waals surface area (Å²) in [5.41, 5.74) is 22.6. The molecule has 4 atom stereocenters. The predicted octanol–water partition coefficient (Wildman–Crippen LogP) is 2.12. The van der Waals surface area contributed by atoms with Crippen molar-refractivity contribution in [1.29, 1.82) is 0 Å². The molecule has 7 heteroatoms. The number of hydrogen-bond acceptors (Lipinski definition) is 4. The zero-order valence-corrected chi connectivity index (χ0v) is 15.4. The van der Waals surface area contributed by atoms with Crippen molar-refractivity contribution in [3.63, 3.8) is 0 Å². The fourth-order valence-corrected chi connectivity index (χ4v) is 2.38. The molecule has 0 aromatic heterocycles. The van der Waals surface area contributed by atoms with E-state index in [0.717, 1.165) is 25.7 Å². The third-order valence-electron chi connectivity index (χ3n) is 3.75. The minimum atomic E-state index is 0.281. The predicted molar refractivity (Wildman–Crippen MR) is 86.7 cm³/mol. The molecule has 4 nitrogen and oxygen atoms in total. The van der Waals surface area contributed by atoms with Crippen LogP contribution < -0.4 is 22.9 Å². The van der Waals surface area contributed by atoms with Gasteiger partial charge in [-0.25, -0.2) is 0 Å². The van der Waals surface area contributed by atoms with Crippen molar-refractivity contribution < 1.29 is 11.3 Å². The van der Waals surface area contributed by atoms with E-state index in [2.05, 4.69) is 28.2 Å². The van der Waals surface area contributed by atoms with Crippen LogP contribution in [0, 0.1) is 0 Å². The molecule has 0 spiro atoms. The van der Waals surface area contributed by atoms with Crippen molar-refractivity contribution in [2.75, 3.05) is 0 Å². The quantitative estimate of drug-likeness (QED) is 0.424. The van der Waals surface area contributed by atoms with Crippen LogP contribution in [0.15, 0.2) is 0 Å². The van der Waals surface area contributed by atoms with Crippen molar-refractivity contribution in [1.82, 2.24) is 0 Å². The Balaban J connectivity index is 0.000000284. The maximum absolute atomic E-state index is 5.65. The van der Waals surface area contributed by atoms with Gasteiger partial charge in [0.25, 0.3) is 0 Å². The van der Waals surface area contributed by atoms with Crippen LogP contribution in [0.5, 0.6) is 0 Å². The number of rotatable bonds is 0. The van der Waals surface area contributed by atoms with E-state index in [0.29, 0.717) is 0 Å². The van der Waals surface area contributed by atoms with E-state index < -0.39 is 0 Å². The Kier molecular flexibility index (Phi) is 13.9. The SMILES string of the molecule is N[C@@H]1CCCC[C@H]1N.N[C@@H]1CCCC[C@H]1N.[Br][Cu][Br]. The molecule has 2 saturated carbocycles. The molecule has 0 amide bonds. The second-order valence-electron chi connectivity index (χ2n) is 5.27. The van der Waals surface area contributed by atoms with Crippen molar-refractivity contribution >= 4 is 28.2 Å². The molecule has 0 radical (unpaired) electrons. The Hall–Kier alpha value is 1.32. The third-order valence-corrected chi connectivity index (χ3v) is 3.75. The van der Waals surface area contributed by atoms with Gasteiger partial charge in [-0.15, -0.1) is 0 Å². The molecule has 8 N–H and O–H groups in total. The molecule has 0 aromatic carbocycles. The Bertz CT molecular complexity index is 172. The van der Waals surface area contributed by atoms with Crippen molar-refractivity contribution in [3.8, 4) is 0 Å². The Labute approximate surface area is 137 Å². The van der Waals surface area contributed by atoms with Crippen molar-refractivity contribution in [3.05, 3.63) is 0 Å². The van der Waals surface area contributed by atoms with Crippen LogP contribution in [0.3, 0.4) is 0 Å². The van der Waals surface area contributed by atoms with Gasteiger partial charge >= 0.3 is 39.6 Å². The Morgan fingerprint density at radius 3 is 0.842 bits per heavy atom. The average molecular weight is 452 g/mol. The maximum atomic E-state index is 5.65. The number of nitrogens with two attached hydrogens (primary N) is 4. The van der Waals surface area contributed by atoms with Crippen LogP contribution in [-0.4, -0.2) is 24.2 Å². The first-order chi connectivity index (χ1) is 9.02. The summed E-state index contributed by atoms with van der Waals surface area (Å²) in [6.45, 7) is 0. The third kappa shape index (κ3) is 10.7. The molecule has 0 unspecified atom stereocenters. The van der Waals surface area contributed by atoms with Gasteiger partial charge < -0.3 is 22.9 Å². The van der Waals surface area contributed by atoms with Gasteiger partial charge in [0.05, 0.1) is 0 Å². The summed E-state index contributed by atoms with van der Waals surface area (Å²) in [4.78, 5) is 0. The van der Waals surface area contributed by atoms with Gasteiger partial charge in [-0.3, -0.25) is 0 Å². The zero-order valence-electron chi connectivity index (χ0n) is 11.3. The normalized spacial score (nSPS) is 34.6. The Morgan fingerprint density at radius 2 is 0.737 bits per heavy atom. The molecule has 2 rings (SSSR count). The van der Waals surface area contributed by atoms with Crippen LogP contribution in [-0.2, 0) is 11.3 Å². The molecule has 0 aliphatic heterocycles. The van der Waals surface area contributed by atoms with Crippen LogP contribution >= 0.6 is 28.2 Å². The van der Waals surface area contributed by atoms with E-state index in [-0.39, 0.29) is 24.2 Å². The van der Waals surface area contributed by atoms with Gasteiger partial charge in [-0.1, -0.05) is 25.7 Å². The van der Waals surface area contributed by atoms with Gasteiger partial charge in [-0.05, 0) is 25.7 Å². The van der Waals surface area contributed by atoms with Crippen molar-refractivity contribution in [2.45, 2.75) is 75.5 Å². The van der Waals surface area contributed by atoms with E-state index in [4.69, 9.17) is 22.9 Å². The van der Waals surface area contributed by atoms with Crippen LogP contribution in [0.25, 0.3) is 0 Å². The van der Waals surface area contributed by atoms with Gasteiger partial charge in [0, 0.05) is 24.2 Å². The Morgan fingerprint density at radius 1 is 0.579 bits per heavy atom. The van der Waals surface area contributed by atoms with Gasteiger partial charge in [0.15, 0.2) is 0 Å². The monoisotopic (exact) mass is 449 g/mol. The molecule has 19 heavy (non-hydrogen) atoms. The molecule has 0 saturated heterocycles. The van der Waals surface area contributed by atoms with Gasteiger partial charge in [0.1, 0.15) is 0 Å². The minimum absolute atomic E-state index is 0.281. The summed E-state index contributed by atoms with van der Waals surface area (Å²) in [6, 6.07) is 1.12. The first-order valence-corrected chi connectivity index (χ1v) is 11.5. The molecule has 0 aromatic rings. The van der Waals surface area contributed by atoms with Gasteiger partial charge in [0.2, 0.25) is 0 Å². The summed E-state index contributed by atoms with van der Waals surface area (Å²) < 4.78 is 0. The zero-order chi connectivity index (χ0) is 14.7. The first kappa shape index (κ1) is 20.3. The first-order valence-electron chi connectivity index (χ1n) is 6.86. The summed E-state index contributed by atoms with van der Waals surface area (Å²) >= 11 is 7.38. The standard InChI is InChI=1S/2C6H14N2.2BrH.Cu/c2*7-5-3-1-2-4-6(5)8;;;/h2*5-6H,1-4,7-8H2;2*1H;/q;;;;+2/p-2/t2*5-,6-;;;/m11.../s1. The topological polar surface area (TPSA) is 104 Å². The fourth-order valence-electron chi connectivity index (χ4n) is 2.38. The van der Waals surface area contributed by atoms with Crippen LogP contribution in [0.1, 0.15) is 51.4 Å². The molecular weight excluding hydrogens is 424 g/mol. The molecule has 2 aliphatic rings. The second-order valence-corrected chi connectivity index (χ2v) is 10.0. The van der Waals surface area contributed by atoms with E-state index >= 15 is 0 Å². The van der Waals surface area contributed by atoms with Gasteiger partial charge in [-0.2, -0.15) is 0 Å². The summed E-state index contributed by atoms with van der Waals surface area (Å²) in [7, 11) is 0. The van der Waals surface area contributed by atoms with Crippen molar-refractivity contribution in [2.24, 2.45) is 22.9 Å². The van der Waals surface area contributed by atoms with E-state index in [1.807, 2.05) is 0 Å². The van der Waals surface area contributed by atoms with Crippen LogP contribution in [0.4, 0.5) is 0 Å². The summed E-state index contributed by atoms with van der Waals surface area (Å²) in [5, 5.41) is 0. The molecule has 0 heterocycles. The molecule has 2 fully saturated rings. The van der Waals surface area contributed by atoms with E-state index in [1.165, 1.54) is 37.0 Å². The average Bonchev–Trinajstić information content (AvgIpc) is 2.38. The molecule has 2 aliphatic carbocycles. The van der Waals surface area contributed by atoms with Crippen LogP contribution in [0.2, 0.25) is 0 Å². The second kappa shape index (κ2) is 13.0. The molecular formula is C12H28Br2CuN4. The summed E-state index contributed by atoms with van der Waals surface area (Å²) in [5.74, 6) is 0. The molecule has 0 bridgehead atoms. The number of hydrogen-bond donors (Lipinski definition) is 4. The number of halogens is 2. The molecule has 121 valence electrons. The van der Waals surface area contributed by atoms with E-state index in [9.17, 15) is 0 Å². The van der Waals surface area contributed by atoms with E-state index in [1.54, 1.807) is 0 Å². The fraction of sp³-hybridized carbons (Fsp3) is 1.00. The summed E-state index contributed by atoms with van der Waals surface area (Å²) in [6.07, 6.45) is 9.60.